The van der Waals surface area contributed by atoms with Crippen LogP contribution in [0, 0.1) is 6.92 Å². The number of aryl methyl sites for hydroxylation is 1. The van der Waals surface area contributed by atoms with E-state index in [1.54, 1.807) is 11.3 Å². The van der Waals surface area contributed by atoms with E-state index in [1.165, 1.54) is 4.88 Å². The van der Waals surface area contributed by atoms with Gasteiger partial charge in [-0.1, -0.05) is 25.2 Å². The van der Waals surface area contributed by atoms with Gasteiger partial charge < -0.3 is 10.8 Å². The minimum absolute atomic E-state index is 0.0352. The molecule has 2 unspecified atom stereocenters. The summed E-state index contributed by atoms with van der Waals surface area (Å²) in [4.78, 5) is 16.2. The minimum Gasteiger partial charge on any atom is -0.481 e. The third kappa shape index (κ3) is 2.93. The Kier molecular flexibility index (Phi) is 3.87. The highest BCUT2D eigenvalue weighted by Crippen LogP contribution is 2.38. The molecule has 4 nitrogen and oxygen atoms in total. The van der Waals surface area contributed by atoms with Crippen molar-refractivity contribution in [3.05, 3.63) is 39.9 Å². The van der Waals surface area contributed by atoms with Crippen LogP contribution in [-0.4, -0.2) is 22.1 Å². The fourth-order valence-electron chi connectivity index (χ4n) is 2.35. The molecule has 1 aliphatic carbocycles. The number of carboxylic acid groups (broad SMARTS) is 1. The summed E-state index contributed by atoms with van der Waals surface area (Å²) in [5, 5.41) is 8.77. The zero-order valence-electron chi connectivity index (χ0n) is 11.1. The van der Waals surface area contributed by atoms with Crippen molar-refractivity contribution in [2.75, 3.05) is 0 Å². The summed E-state index contributed by atoms with van der Waals surface area (Å²) in [5.41, 5.74) is 9.64. The maximum Gasteiger partial charge on any atom is 0.305 e. The maximum absolute atomic E-state index is 10.7. The van der Waals surface area contributed by atoms with Gasteiger partial charge in [-0.3, -0.25) is 4.79 Å². The topological polar surface area (TPSA) is 76.2 Å². The summed E-state index contributed by atoms with van der Waals surface area (Å²) in [6.45, 7) is 4.18. The summed E-state index contributed by atoms with van der Waals surface area (Å²) < 4.78 is 0. The molecule has 0 amide bonds. The summed E-state index contributed by atoms with van der Waals surface area (Å²) >= 11 is 1.66. The molecule has 1 aromatic heterocycles. The Morgan fingerprint density at radius 2 is 2.42 bits per heavy atom. The van der Waals surface area contributed by atoms with E-state index in [2.05, 4.69) is 18.0 Å². The van der Waals surface area contributed by atoms with E-state index >= 15 is 0 Å². The van der Waals surface area contributed by atoms with E-state index in [1.807, 2.05) is 24.6 Å². The number of carboxylic acids is 1. The number of carbonyl (C=O) groups is 1. The number of nitrogens with zero attached hydrogens (tertiary/aromatic N) is 1. The Labute approximate surface area is 116 Å². The lowest BCUT2D eigenvalue weighted by Crippen LogP contribution is -2.28. The highest BCUT2D eigenvalue weighted by molar-refractivity contribution is 7.10. The van der Waals surface area contributed by atoms with E-state index < -0.39 is 12.0 Å². The van der Waals surface area contributed by atoms with Gasteiger partial charge in [0.25, 0.3) is 0 Å². The van der Waals surface area contributed by atoms with Crippen LogP contribution in [0.2, 0.25) is 0 Å². The second-order valence-corrected chi connectivity index (χ2v) is 5.99. The third-order valence-electron chi connectivity index (χ3n) is 3.49. The lowest BCUT2D eigenvalue weighted by Gasteiger charge is -2.28. The first-order valence-corrected chi connectivity index (χ1v) is 7.07. The number of hydrogen-bond donors (Lipinski definition) is 2. The van der Waals surface area contributed by atoms with E-state index in [4.69, 9.17) is 10.8 Å². The van der Waals surface area contributed by atoms with Crippen LogP contribution in [0.3, 0.4) is 0 Å². The molecule has 19 heavy (non-hydrogen) atoms. The molecular weight excluding hydrogens is 260 g/mol. The molecule has 5 heteroatoms. The van der Waals surface area contributed by atoms with Crippen molar-refractivity contribution in [2.45, 2.75) is 38.1 Å². The Morgan fingerprint density at radius 3 is 2.89 bits per heavy atom. The van der Waals surface area contributed by atoms with Crippen molar-refractivity contribution < 1.29 is 9.90 Å². The normalized spacial score (nSPS) is 24.1. The van der Waals surface area contributed by atoms with Crippen LogP contribution in [0.5, 0.6) is 0 Å². The summed E-state index contributed by atoms with van der Waals surface area (Å²) in [6, 6.07) is -0.430. The van der Waals surface area contributed by atoms with Gasteiger partial charge >= 0.3 is 5.97 Å². The molecule has 3 N–H and O–H groups in total. The SMILES string of the molecule is Cc1ncsc1C1(C)C=CC(C(N)CC(=O)O)=CC1. The predicted octanol–water partition coefficient (Wildman–Crippen LogP) is 2.40. The Balaban J connectivity index is 2.14. The lowest BCUT2D eigenvalue weighted by atomic mass is 9.79. The zero-order chi connectivity index (χ0) is 14.0. The molecule has 0 spiro atoms. The molecule has 0 saturated heterocycles. The predicted molar refractivity (Wildman–Crippen MR) is 76.3 cm³/mol. The van der Waals surface area contributed by atoms with Crippen molar-refractivity contribution in [3.63, 3.8) is 0 Å². The number of thiazole rings is 1. The summed E-state index contributed by atoms with van der Waals surface area (Å²) in [5.74, 6) is -0.867. The van der Waals surface area contributed by atoms with Crippen molar-refractivity contribution >= 4 is 17.3 Å². The maximum atomic E-state index is 10.7. The van der Waals surface area contributed by atoms with Gasteiger partial charge in [-0.25, -0.2) is 4.98 Å². The smallest absolute Gasteiger partial charge is 0.305 e. The van der Waals surface area contributed by atoms with Crippen molar-refractivity contribution in [1.29, 1.82) is 0 Å². The standard InChI is InChI=1S/C14H18N2O2S/c1-9-13(19-8-16-9)14(2)5-3-10(4-6-14)11(15)7-12(17)18/h3-5,8,11H,6-7,15H2,1-2H3,(H,17,18). The first-order valence-electron chi connectivity index (χ1n) is 6.19. The Hall–Kier alpha value is -1.46. The highest BCUT2D eigenvalue weighted by Gasteiger charge is 2.29. The first kappa shape index (κ1) is 14.0. The highest BCUT2D eigenvalue weighted by atomic mass is 32.1. The van der Waals surface area contributed by atoms with Crippen LogP contribution in [0.25, 0.3) is 0 Å². The second kappa shape index (κ2) is 5.27. The molecule has 0 fully saturated rings. The summed E-state index contributed by atoms with van der Waals surface area (Å²) in [7, 11) is 0. The molecule has 1 aromatic rings. The Morgan fingerprint density at radius 1 is 1.68 bits per heavy atom. The van der Waals surface area contributed by atoms with Crippen molar-refractivity contribution in [2.24, 2.45) is 5.73 Å². The number of allylic oxidation sites excluding steroid dienone is 2. The van der Waals surface area contributed by atoms with Gasteiger partial charge in [-0.15, -0.1) is 11.3 Å². The molecule has 2 rings (SSSR count). The quantitative estimate of drug-likeness (QED) is 0.886. The average molecular weight is 278 g/mol. The van der Waals surface area contributed by atoms with Gasteiger partial charge in [0.15, 0.2) is 0 Å². The van der Waals surface area contributed by atoms with Crippen molar-refractivity contribution in [3.8, 4) is 0 Å². The lowest BCUT2D eigenvalue weighted by molar-refractivity contribution is -0.137. The second-order valence-electron chi connectivity index (χ2n) is 5.13. The minimum atomic E-state index is -0.867. The van der Waals surface area contributed by atoms with E-state index in [0.29, 0.717) is 0 Å². The van der Waals surface area contributed by atoms with Gasteiger partial charge in [-0.05, 0) is 18.9 Å². The summed E-state index contributed by atoms with van der Waals surface area (Å²) in [6.07, 6.45) is 6.91. The third-order valence-corrected chi connectivity index (χ3v) is 4.70. The molecule has 102 valence electrons. The van der Waals surface area contributed by atoms with Crippen LogP contribution in [0.4, 0.5) is 0 Å². The molecular formula is C14H18N2O2S. The van der Waals surface area contributed by atoms with E-state index in [0.717, 1.165) is 17.7 Å². The monoisotopic (exact) mass is 278 g/mol. The number of hydrogen-bond acceptors (Lipinski definition) is 4. The van der Waals surface area contributed by atoms with Crippen LogP contribution in [-0.2, 0) is 10.2 Å². The van der Waals surface area contributed by atoms with Crippen LogP contribution in [0.1, 0.15) is 30.3 Å². The largest absolute Gasteiger partial charge is 0.481 e. The molecule has 2 atom stereocenters. The number of nitrogens with two attached hydrogens (primary N) is 1. The van der Waals surface area contributed by atoms with Gasteiger partial charge in [0.2, 0.25) is 0 Å². The molecule has 0 bridgehead atoms. The van der Waals surface area contributed by atoms with Crippen LogP contribution >= 0.6 is 11.3 Å². The van der Waals surface area contributed by atoms with Crippen molar-refractivity contribution in [1.82, 2.24) is 4.98 Å². The number of aliphatic carboxylic acids is 1. The van der Waals surface area contributed by atoms with Gasteiger partial charge in [0.1, 0.15) is 0 Å². The fourth-order valence-corrected chi connectivity index (χ4v) is 3.31. The van der Waals surface area contributed by atoms with Gasteiger partial charge in [0, 0.05) is 16.3 Å². The first-order chi connectivity index (χ1) is 8.92. The van der Waals surface area contributed by atoms with Crippen LogP contribution in [0.15, 0.2) is 29.3 Å². The molecule has 0 radical (unpaired) electrons. The molecule has 1 heterocycles. The average Bonchev–Trinajstić information content (AvgIpc) is 2.76. The van der Waals surface area contributed by atoms with E-state index in [9.17, 15) is 4.79 Å². The van der Waals surface area contributed by atoms with E-state index in [-0.39, 0.29) is 11.8 Å². The molecule has 0 aliphatic heterocycles. The van der Waals surface area contributed by atoms with Crippen LogP contribution < -0.4 is 5.73 Å². The zero-order valence-corrected chi connectivity index (χ0v) is 11.9. The number of rotatable bonds is 4. The van der Waals surface area contributed by atoms with Gasteiger partial charge in [-0.2, -0.15) is 0 Å². The molecule has 0 saturated carbocycles. The van der Waals surface area contributed by atoms with Gasteiger partial charge in [0.05, 0.1) is 17.6 Å². The number of aromatic nitrogens is 1. The molecule has 1 aliphatic rings. The molecule has 0 aromatic carbocycles. The fraction of sp³-hybridized carbons (Fsp3) is 0.429. The Bertz CT molecular complexity index is 547.